The van der Waals surface area contributed by atoms with Crippen LogP contribution < -0.4 is 5.32 Å². The summed E-state index contributed by atoms with van der Waals surface area (Å²) in [6, 6.07) is 14.3. The molecule has 4 nitrogen and oxygen atoms in total. The van der Waals surface area contributed by atoms with Crippen molar-refractivity contribution in [3.8, 4) is 0 Å². The predicted molar refractivity (Wildman–Crippen MR) is 83.8 cm³/mol. The fourth-order valence-electron chi connectivity index (χ4n) is 1.88. The van der Waals surface area contributed by atoms with Crippen molar-refractivity contribution in [3.05, 3.63) is 47.7 Å². The Morgan fingerprint density at radius 3 is 2.60 bits per heavy atom. The molecule has 0 unspecified atom stereocenters. The Balaban J connectivity index is 1.94. The van der Waals surface area contributed by atoms with E-state index in [9.17, 15) is 0 Å². The molecule has 0 saturated carbocycles. The number of aromatic nitrogens is 3. The average Bonchev–Trinajstić information content (AvgIpc) is 2.46. The lowest BCUT2D eigenvalue weighted by Gasteiger charge is -2.07. The van der Waals surface area contributed by atoms with Gasteiger partial charge in [-0.25, -0.2) is 0 Å². The van der Waals surface area contributed by atoms with Gasteiger partial charge >= 0.3 is 0 Å². The van der Waals surface area contributed by atoms with Gasteiger partial charge in [0.2, 0.25) is 11.2 Å². The maximum absolute atomic E-state index is 5.87. The molecule has 1 N–H and O–H groups in total. The molecule has 3 aromatic rings. The minimum Gasteiger partial charge on any atom is -0.324 e. The van der Waals surface area contributed by atoms with E-state index in [1.807, 2.05) is 30.5 Å². The van der Waals surface area contributed by atoms with Crippen LogP contribution in [0.4, 0.5) is 11.6 Å². The summed E-state index contributed by atoms with van der Waals surface area (Å²) >= 11 is 7.30. The summed E-state index contributed by atoms with van der Waals surface area (Å²) in [6.07, 6.45) is 1.89. The number of fused-ring (bicyclic) bond motifs is 1. The van der Waals surface area contributed by atoms with Crippen molar-refractivity contribution >= 4 is 45.8 Å². The fourth-order valence-corrected chi connectivity index (χ4v) is 2.44. The predicted octanol–water partition coefficient (Wildman–Crippen LogP) is 4.14. The number of rotatable bonds is 3. The first-order chi connectivity index (χ1) is 9.74. The number of thioether (sulfide) groups is 1. The van der Waals surface area contributed by atoms with Gasteiger partial charge in [-0.1, -0.05) is 42.1 Å². The fraction of sp³-hybridized carbons (Fsp3) is 0.0714. The van der Waals surface area contributed by atoms with Gasteiger partial charge in [-0.2, -0.15) is 15.0 Å². The third kappa shape index (κ3) is 2.84. The Hall–Kier alpha value is -1.85. The molecule has 100 valence electrons. The summed E-state index contributed by atoms with van der Waals surface area (Å²) < 4.78 is 0. The van der Waals surface area contributed by atoms with E-state index in [1.54, 1.807) is 0 Å². The Kier molecular flexibility index (Phi) is 3.71. The highest BCUT2D eigenvalue weighted by atomic mass is 35.5. The molecule has 0 aliphatic heterocycles. The van der Waals surface area contributed by atoms with Gasteiger partial charge in [0.1, 0.15) is 0 Å². The summed E-state index contributed by atoms with van der Waals surface area (Å²) in [7, 11) is 0. The monoisotopic (exact) mass is 302 g/mol. The number of benzene rings is 2. The Morgan fingerprint density at radius 2 is 1.80 bits per heavy atom. The van der Waals surface area contributed by atoms with Gasteiger partial charge < -0.3 is 5.32 Å². The van der Waals surface area contributed by atoms with Crippen LogP contribution in [-0.4, -0.2) is 21.2 Å². The second-order valence-electron chi connectivity index (χ2n) is 4.10. The molecule has 0 bridgehead atoms. The zero-order valence-corrected chi connectivity index (χ0v) is 12.2. The first-order valence-corrected chi connectivity index (χ1v) is 7.56. The molecule has 0 aliphatic rings. The molecule has 2 aromatic carbocycles. The van der Waals surface area contributed by atoms with Gasteiger partial charge in [0.05, 0.1) is 0 Å². The molecule has 0 spiro atoms. The molecule has 0 saturated heterocycles. The molecule has 0 fully saturated rings. The smallest absolute Gasteiger partial charge is 0.232 e. The van der Waals surface area contributed by atoms with Crippen LogP contribution in [0, 0.1) is 0 Å². The summed E-state index contributed by atoms with van der Waals surface area (Å²) in [5.41, 5.74) is 0.915. The zero-order chi connectivity index (χ0) is 13.9. The van der Waals surface area contributed by atoms with Crippen LogP contribution in [0.15, 0.2) is 47.6 Å². The lowest BCUT2D eigenvalue weighted by molar-refractivity contribution is 0.915. The molecule has 0 radical (unpaired) electrons. The highest BCUT2D eigenvalue weighted by Crippen LogP contribution is 2.22. The van der Waals surface area contributed by atoms with Gasteiger partial charge in [0, 0.05) is 5.69 Å². The Labute approximate surface area is 125 Å². The highest BCUT2D eigenvalue weighted by molar-refractivity contribution is 7.98. The van der Waals surface area contributed by atoms with E-state index in [4.69, 9.17) is 11.6 Å². The number of anilines is 2. The first kappa shape index (κ1) is 13.1. The van der Waals surface area contributed by atoms with Crippen molar-refractivity contribution in [2.24, 2.45) is 0 Å². The third-order valence-electron chi connectivity index (χ3n) is 2.78. The molecule has 1 aromatic heterocycles. The van der Waals surface area contributed by atoms with Gasteiger partial charge in [0.15, 0.2) is 5.16 Å². The molecular weight excluding hydrogens is 292 g/mol. The van der Waals surface area contributed by atoms with Crippen molar-refractivity contribution < 1.29 is 0 Å². The molecule has 20 heavy (non-hydrogen) atoms. The van der Waals surface area contributed by atoms with Crippen LogP contribution in [0.25, 0.3) is 10.8 Å². The number of hydrogen-bond acceptors (Lipinski definition) is 5. The van der Waals surface area contributed by atoms with Crippen LogP contribution in [-0.2, 0) is 0 Å². The minimum atomic E-state index is 0.188. The molecule has 0 aliphatic carbocycles. The molecule has 3 rings (SSSR count). The van der Waals surface area contributed by atoms with E-state index in [2.05, 4.69) is 38.5 Å². The van der Waals surface area contributed by atoms with Gasteiger partial charge in [-0.05, 0) is 40.8 Å². The molecule has 1 heterocycles. The molecule has 6 heteroatoms. The van der Waals surface area contributed by atoms with Crippen LogP contribution in [0.5, 0.6) is 0 Å². The minimum absolute atomic E-state index is 0.188. The van der Waals surface area contributed by atoms with E-state index < -0.39 is 0 Å². The van der Waals surface area contributed by atoms with Gasteiger partial charge in [0.25, 0.3) is 0 Å². The van der Waals surface area contributed by atoms with E-state index in [0.29, 0.717) is 11.1 Å². The third-order valence-corrected chi connectivity index (χ3v) is 3.49. The molecule has 0 atom stereocenters. The quantitative estimate of drug-likeness (QED) is 0.737. The number of nitrogens with one attached hydrogen (secondary N) is 1. The first-order valence-electron chi connectivity index (χ1n) is 5.96. The van der Waals surface area contributed by atoms with Crippen LogP contribution >= 0.6 is 23.4 Å². The summed E-state index contributed by atoms with van der Waals surface area (Å²) in [6.45, 7) is 0. The van der Waals surface area contributed by atoms with E-state index in [-0.39, 0.29) is 5.28 Å². The van der Waals surface area contributed by atoms with E-state index in [0.717, 1.165) is 11.1 Å². The molecule has 0 amide bonds. The zero-order valence-electron chi connectivity index (χ0n) is 10.7. The van der Waals surface area contributed by atoms with Gasteiger partial charge in [-0.15, -0.1) is 0 Å². The lowest BCUT2D eigenvalue weighted by atomic mass is 10.1. The number of nitrogens with zero attached hydrogens (tertiary/aromatic N) is 3. The number of hydrogen-bond donors (Lipinski definition) is 1. The Morgan fingerprint density at radius 1 is 1.00 bits per heavy atom. The Bertz CT molecular complexity index is 763. The summed E-state index contributed by atoms with van der Waals surface area (Å²) in [4.78, 5) is 12.4. The van der Waals surface area contributed by atoms with Crippen molar-refractivity contribution in [1.82, 2.24) is 15.0 Å². The topological polar surface area (TPSA) is 50.7 Å². The van der Waals surface area contributed by atoms with E-state index in [1.165, 1.54) is 17.1 Å². The van der Waals surface area contributed by atoms with E-state index >= 15 is 0 Å². The normalized spacial score (nSPS) is 10.7. The summed E-state index contributed by atoms with van der Waals surface area (Å²) in [5, 5.41) is 6.28. The van der Waals surface area contributed by atoms with Crippen molar-refractivity contribution in [2.75, 3.05) is 11.6 Å². The van der Waals surface area contributed by atoms with Gasteiger partial charge in [-0.3, -0.25) is 0 Å². The maximum Gasteiger partial charge on any atom is 0.232 e. The van der Waals surface area contributed by atoms with Crippen LogP contribution in [0.1, 0.15) is 0 Å². The average molecular weight is 303 g/mol. The van der Waals surface area contributed by atoms with Crippen molar-refractivity contribution in [3.63, 3.8) is 0 Å². The second-order valence-corrected chi connectivity index (χ2v) is 5.21. The number of halogens is 1. The standard InChI is InChI=1S/C14H11ClN4S/c1-20-14-18-12(15)17-13(19-14)16-11-7-6-9-4-2-3-5-10(9)8-11/h2-8H,1H3,(H,16,17,18,19). The lowest BCUT2D eigenvalue weighted by Crippen LogP contribution is -2.00. The van der Waals surface area contributed by atoms with Crippen LogP contribution in [0.2, 0.25) is 5.28 Å². The second kappa shape index (κ2) is 5.64. The largest absolute Gasteiger partial charge is 0.324 e. The van der Waals surface area contributed by atoms with Crippen molar-refractivity contribution in [2.45, 2.75) is 5.16 Å². The van der Waals surface area contributed by atoms with Crippen molar-refractivity contribution in [1.29, 1.82) is 0 Å². The molecular formula is C14H11ClN4S. The summed E-state index contributed by atoms with van der Waals surface area (Å²) in [5.74, 6) is 0.449. The van der Waals surface area contributed by atoms with Crippen LogP contribution in [0.3, 0.4) is 0 Å². The SMILES string of the molecule is CSc1nc(Cl)nc(Nc2ccc3ccccc3c2)n1. The maximum atomic E-state index is 5.87. The highest BCUT2D eigenvalue weighted by Gasteiger charge is 2.05.